The lowest BCUT2D eigenvalue weighted by Crippen LogP contribution is -2.33. The number of hydrogen-bond donors (Lipinski definition) is 1. The molecule has 0 radical (unpaired) electrons. The Bertz CT molecular complexity index is 361. The van der Waals surface area contributed by atoms with Gasteiger partial charge in [0.2, 0.25) is 0 Å². The molecule has 0 aliphatic carbocycles. The largest absolute Gasteiger partial charge is 0.399 e. The molecule has 0 saturated carbocycles. The minimum Gasteiger partial charge on any atom is -0.399 e. The molecule has 0 atom stereocenters. The second kappa shape index (κ2) is 6.27. The molecule has 2 N–H and O–H groups in total. The van der Waals surface area contributed by atoms with Gasteiger partial charge in [0.25, 0.3) is 0 Å². The molecule has 0 unspecified atom stereocenters. The number of anilines is 1. The molecule has 1 rings (SSSR count). The monoisotopic (exact) mass is 254 g/mol. The van der Waals surface area contributed by atoms with Crippen molar-refractivity contribution < 1.29 is 0 Å². The minimum atomic E-state index is 0.509. The van der Waals surface area contributed by atoms with Crippen molar-refractivity contribution >= 4 is 17.3 Å². The average molecular weight is 255 g/mol. The van der Waals surface area contributed by atoms with Crippen LogP contribution in [0.5, 0.6) is 0 Å². The van der Waals surface area contributed by atoms with E-state index in [1.54, 1.807) is 0 Å². The normalized spacial score (nSPS) is 11.8. The van der Waals surface area contributed by atoms with Gasteiger partial charge in [0.15, 0.2) is 0 Å². The van der Waals surface area contributed by atoms with Gasteiger partial charge in [-0.05, 0) is 43.5 Å². The summed E-state index contributed by atoms with van der Waals surface area (Å²) >= 11 is 6.20. The van der Waals surface area contributed by atoms with Crippen molar-refractivity contribution in [1.82, 2.24) is 4.90 Å². The Hall–Kier alpha value is -0.730. The van der Waals surface area contributed by atoms with E-state index in [0.29, 0.717) is 12.0 Å². The second-order valence-corrected chi connectivity index (χ2v) is 5.68. The van der Waals surface area contributed by atoms with Crippen molar-refractivity contribution in [2.45, 2.75) is 40.3 Å². The summed E-state index contributed by atoms with van der Waals surface area (Å²) in [5, 5.41) is 0.800. The molecule has 0 heterocycles. The Morgan fingerprint density at radius 3 is 2.41 bits per heavy atom. The topological polar surface area (TPSA) is 29.3 Å². The first-order valence-electron chi connectivity index (χ1n) is 6.18. The van der Waals surface area contributed by atoms with E-state index in [-0.39, 0.29) is 0 Å². The predicted octanol–water partition coefficient (Wildman–Crippen LogP) is 3.79. The Balaban J connectivity index is 2.81. The Kier molecular flexibility index (Phi) is 5.29. The van der Waals surface area contributed by atoms with Crippen LogP contribution in [-0.2, 0) is 6.54 Å². The van der Waals surface area contributed by atoms with E-state index in [1.165, 1.54) is 0 Å². The predicted molar refractivity (Wildman–Crippen MR) is 76.2 cm³/mol. The molecule has 2 nitrogen and oxygen atoms in total. The van der Waals surface area contributed by atoms with Gasteiger partial charge in [0, 0.05) is 29.8 Å². The molecule has 0 spiro atoms. The molecule has 3 heteroatoms. The van der Waals surface area contributed by atoms with E-state index in [2.05, 4.69) is 32.6 Å². The van der Waals surface area contributed by atoms with Crippen LogP contribution in [0.3, 0.4) is 0 Å². The van der Waals surface area contributed by atoms with E-state index in [0.717, 1.165) is 29.4 Å². The van der Waals surface area contributed by atoms with Crippen LogP contribution in [0.15, 0.2) is 18.2 Å². The molecule has 0 aromatic heterocycles. The lowest BCUT2D eigenvalue weighted by molar-refractivity contribution is 0.189. The first-order chi connectivity index (χ1) is 7.90. The molecule has 0 aliphatic rings. The smallest absolute Gasteiger partial charge is 0.0452 e. The van der Waals surface area contributed by atoms with Crippen molar-refractivity contribution in [1.29, 1.82) is 0 Å². The average Bonchev–Trinajstić information content (AvgIpc) is 2.21. The molecule has 1 aromatic carbocycles. The number of nitrogens with zero attached hydrogens (tertiary/aromatic N) is 1. The third-order valence-corrected chi connectivity index (χ3v) is 3.14. The highest BCUT2D eigenvalue weighted by Crippen LogP contribution is 2.21. The van der Waals surface area contributed by atoms with Gasteiger partial charge in [0.1, 0.15) is 0 Å². The van der Waals surface area contributed by atoms with E-state index >= 15 is 0 Å². The highest BCUT2D eigenvalue weighted by Gasteiger charge is 2.13. The fourth-order valence-electron chi connectivity index (χ4n) is 1.86. The van der Waals surface area contributed by atoms with Crippen molar-refractivity contribution in [3.8, 4) is 0 Å². The number of nitrogens with two attached hydrogens (primary N) is 1. The van der Waals surface area contributed by atoms with Gasteiger partial charge in [0.05, 0.1) is 0 Å². The molecule has 1 aromatic rings. The van der Waals surface area contributed by atoms with Crippen LogP contribution in [0, 0.1) is 5.92 Å². The summed E-state index contributed by atoms with van der Waals surface area (Å²) in [5.74, 6) is 0.650. The fourth-order valence-corrected chi connectivity index (χ4v) is 2.04. The van der Waals surface area contributed by atoms with E-state index in [1.807, 2.05) is 18.2 Å². The molecule has 0 bridgehead atoms. The zero-order valence-corrected chi connectivity index (χ0v) is 12.0. The third kappa shape index (κ3) is 4.57. The van der Waals surface area contributed by atoms with Crippen LogP contribution >= 0.6 is 11.6 Å². The Morgan fingerprint density at radius 1 is 1.24 bits per heavy atom. The highest BCUT2D eigenvalue weighted by atomic mass is 35.5. The molecule has 96 valence electrons. The minimum absolute atomic E-state index is 0.509. The number of hydrogen-bond acceptors (Lipinski definition) is 2. The third-order valence-electron chi connectivity index (χ3n) is 2.77. The summed E-state index contributed by atoms with van der Waals surface area (Å²) in [4.78, 5) is 2.42. The van der Waals surface area contributed by atoms with Gasteiger partial charge in [-0.2, -0.15) is 0 Å². The molecule has 0 fully saturated rings. The van der Waals surface area contributed by atoms with Crippen molar-refractivity contribution in [2.24, 2.45) is 5.92 Å². The standard InChI is InChI=1S/C14H23ClN2/c1-10(2)8-17(11(3)4)9-12-7-13(16)5-6-14(12)15/h5-7,10-11H,8-9,16H2,1-4H3. The molecule has 0 saturated heterocycles. The summed E-state index contributed by atoms with van der Waals surface area (Å²) in [6, 6.07) is 6.20. The number of rotatable bonds is 5. The van der Waals surface area contributed by atoms with Crippen LogP contribution < -0.4 is 5.73 Å². The number of halogens is 1. The van der Waals surface area contributed by atoms with Crippen molar-refractivity contribution in [2.75, 3.05) is 12.3 Å². The van der Waals surface area contributed by atoms with Gasteiger partial charge in [-0.25, -0.2) is 0 Å². The van der Waals surface area contributed by atoms with Gasteiger partial charge >= 0.3 is 0 Å². The van der Waals surface area contributed by atoms with E-state index in [9.17, 15) is 0 Å². The molecule has 0 amide bonds. The molecule has 17 heavy (non-hydrogen) atoms. The highest BCUT2D eigenvalue weighted by molar-refractivity contribution is 6.31. The lowest BCUT2D eigenvalue weighted by Gasteiger charge is -2.28. The van der Waals surface area contributed by atoms with Crippen LogP contribution in [0.1, 0.15) is 33.3 Å². The maximum atomic E-state index is 6.20. The maximum absolute atomic E-state index is 6.20. The quantitative estimate of drug-likeness (QED) is 0.810. The fraction of sp³-hybridized carbons (Fsp3) is 0.571. The first kappa shape index (κ1) is 14.3. The van der Waals surface area contributed by atoms with Crippen LogP contribution in [-0.4, -0.2) is 17.5 Å². The SMILES string of the molecule is CC(C)CN(Cc1cc(N)ccc1Cl)C(C)C. The first-order valence-corrected chi connectivity index (χ1v) is 6.56. The summed E-state index contributed by atoms with van der Waals surface area (Å²) in [7, 11) is 0. The Labute approximate surface area is 110 Å². The van der Waals surface area contributed by atoms with Gasteiger partial charge in [-0.15, -0.1) is 0 Å². The van der Waals surface area contributed by atoms with Crippen LogP contribution in [0.25, 0.3) is 0 Å². The van der Waals surface area contributed by atoms with Crippen molar-refractivity contribution in [3.63, 3.8) is 0 Å². The summed E-state index contributed by atoms with van der Waals surface area (Å²) < 4.78 is 0. The van der Waals surface area contributed by atoms with Crippen LogP contribution in [0.2, 0.25) is 5.02 Å². The molecule has 0 aliphatic heterocycles. The van der Waals surface area contributed by atoms with Gasteiger partial charge in [-0.1, -0.05) is 25.4 Å². The van der Waals surface area contributed by atoms with Crippen molar-refractivity contribution in [3.05, 3.63) is 28.8 Å². The van der Waals surface area contributed by atoms with Gasteiger partial charge < -0.3 is 5.73 Å². The molecular weight excluding hydrogens is 232 g/mol. The number of benzene rings is 1. The Morgan fingerprint density at radius 2 is 1.88 bits per heavy atom. The maximum Gasteiger partial charge on any atom is 0.0452 e. The second-order valence-electron chi connectivity index (χ2n) is 5.27. The zero-order chi connectivity index (χ0) is 13.0. The van der Waals surface area contributed by atoms with Crippen LogP contribution in [0.4, 0.5) is 5.69 Å². The summed E-state index contributed by atoms with van der Waals surface area (Å²) in [6.45, 7) is 10.8. The summed E-state index contributed by atoms with van der Waals surface area (Å²) in [6.07, 6.45) is 0. The summed E-state index contributed by atoms with van der Waals surface area (Å²) in [5.41, 5.74) is 7.69. The van der Waals surface area contributed by atoms with E-state index < -0.39 is 0 Å². The molecular formula is C14H23ClN2. The van der Waals surface area contributed by atoms with Gasteiger partial charge in [-0.3, -0.25) is 4.90 Å². The lowest BCUT2D eigenvalue weighted by atomic mass is 10.1. The zero-order valence-electron chi connectivity index (χ0n) is 11.2. The van der Waals surface area contributed by atoms with E-state index in [4.69, 9.17) is 17.3 Å². The number of nitrogen functional groups attached to an aromatic ring is 1.